The van der Waals surface area contributed by atoms with Gasteiger partial charge < -0.3 is 14.8 Å². The van der Waals surface area contributed by atoms with Crippen LogP contribution >= 0.6 is 0 Å². The lowest BCUT2D eigenvalue weighted by Gasteiger charge is -2.17. The first-order valence-corrected chi connectivity index (χ1v) is 8.47. The van der Waals surface area contributed by atoms with Crippen LogP contribution in [-0.2, 0) is 14.3 Å². The van der Waals surface area contributed by atoms with Crippen molar-refractivity contribution in [3.63, 3.8) is 0 Å². The highest BCUT2D eigenvalue weighted by Crippen LogP contribution is 2.12. The molecule has 0 aromatic heterocycles. The van der Waals surface area contributed by atoms with Crippen molar-refractivity contribution in [1.29, 1.82) is 0 Å². The Morgan fingerprint density at radius 2 is 1.86 bits per heavy atom. The van der Waals surface area contributed by atoms with E-state index < -0.39 is 0 Å². The summed E-state index contributed by atoms with van der Waals surface area (Å²) >= 11 is 0. The third-order valence-electron chi connectivity index (χ3n) is 2.64. The molecule has 0 saturated carbocycles. The molecule has 0 spiro atoms. The molecule has 4 heteroatoms. The van der Waals surface area contributed by atoms with E-state index in [2.05, 4.69) is 23.5 Å². The van der Waals surface area contributed by atoms with Crippen molar-refractivity contribution in [2.24, 2.45) is 0 Å². The summed E-state index contributed by atoms with van der Waals surface area (Å²) in [6.45, 7) is 11.1. The van der Waals surface area contributed by atoms with Gasteiger partial charge in [0.1, 0.15) is 6.61 Å². The summed E-state index contributed by atoms with van der Waals surface area (Å²) in [4.78, 5) is 10.6. The summed E-state index contributed by atoms with van der Waals surface area (Å²) in [5, 5.41) is 3.11. The van der Waals surface area contributed by atoms with Gasteiger partial charge in [0.05, 0.1) is 6.10 Å². The number of rotatable bonds is 9. The third kappa shape index (κ3) is 13.8. The molecule has 0 bridgehead atoms. The quantitative estimate of drug-likeness (QED) is 0.656. The van der Waals surface area contributed by atoms with Crippen LogP contribution in [0.3, 0.4) is 0 Å². The van der Waals surface area contributed by atoms with Crippen LogP contribution < -0.4 is 5.32 Å². The molecule has 22 heavy (non-hydrogen) atoms. The average Bonchev–Trinajstić information content (AvgIpc) is 2.57. The van der Waals surface area contributed by atoms with E-state index in [1.54, 1.807) is 0 Å². The second-order valence-electron chi connectivity index (χ2n) is 4.38. The molecule has 1 rings (SSSR count). The fraction of sp³-hybridized carbons (Fsp3) is 0.722. The zero-order valence-corrected chi connectivity index (χ0v) is 15.3. The number of likely N-dealkylation sites (N-methyl/N-ethyl adjacent to an activating group) is 1. The van der Waals surface area contributed by atoms with Crippen molar-refractivity contribution in [3.05, 3.63) is 23.9 Å². The summed E-state index contributed by atoms with van der Waals surface area (Å²) in [6.07, 6.45) is 9.29. The molecule has 0 saturated heterocycles. The van der Waals surface area contributed by atoms with Crippen molar-refractivity contribution in [2.75, 3.05) is 26.9 Å². The fourth-order valence-electron chi connectivity index (χ4n) is 1.69. The van der Waals surface area contributed by atoms with Crippen LogP contribution in [0, 0.1) is 0 Å². The minimum Gasteiger partial charge on any atom is -0.388 e. The van der Waals surface area contributed by atoms with Crippen LogP contribution in [0.2, 0.25) is 0 Å². The zero-order valence-electron chi connectivity index (χ0n) is 15.3. The molecule has 0 amide bonds. The Morgan fingerprint density at radius 3 is 2.45 bits per heavy atom. The highest BCUT2D eigenvalue weighted by molar-refractivity contribution is 5.76. The Hall–Kier alpha value is -1.13. The van der Waals surface area contributed by atoms with Gasteiger partial charge in [0.15, 0.2) is 5.78 Å². The van der Waals surface area contributed by atoms with Crippen molar-refractivity contribution in [1.82, 2.24) is 5.32 Å². The number of ketones is 1. The maximum atomic E-state index is 10.6. The van der Waals surface area contributed by atoms with Crippen LogP contribution in [0.1, 0.15) is 53.9 Å². The van der Waals surface area contributed by atoms with Gasteiger partial charge in [0, 0.05) is 26.0 Å². The van der Waals surface area contributed by atoms with E-state index >= 15 is 0 Å². The monoisotopic (exact) mass is 313 g/mol. The van der Waals surface area contributed by atoms with E-state index in [-0.39, 0.29) is 18.5 Å². The van der Waals surface area contributed by atoms with Crippen molar-refractivity contribution < 1.29 is 14.3 Å². The molecule has 1 N–H and O–H groups in total. The predicted molar refractivity (Wildman–Crippen MR) is 94.1 cm³/mol. The van der Waals surface area contributed by atoms with Gasteiger partial charge in [0.25, 0.3) is 0 Å². The van der Waals surface area contributed by atoms with Gasteiger partial charge in [-0.25, -0.2) is 0 Å². The van der Waals surface area contributed by atoms with E-state index in [9.17, 15) is 4.79 Å². The van der Waals surface area contributed by atoms with Gasteiger partial charge >= 0.3 is 0 Å². The molecule has 1 atom stereocenters. The fourth-order valence-corrected chi connectivity index (χ4v) is 1.69. The summed E-state index contributed by atoms with van der Waals surface area (Å²) < 4.78 is 10.9. The topological polar surface area (TPSA) is 47.6 Å². The Bertz CT molecular complexity index is 311. The summed E-state index contributed by atoms with van der Waals surface area (Å²) in [7, 11) is 1.91. The molecule has 0 heterocycles. The van der Waals surface area contributed by atoms with Gasteiger partial charge in [-0.05, 0) is 38.3 Å². The van der Waals surface area contributed by atoms with Gasteiger partial charge in [-0.1, -0.05) is 33.8 Å². The highest BCUT2D eigenvalue weighted by atomic mass is 16.5. The van der Waals surface area contributed by atoms with Crippen LogP contribution in [0.15, 0.2) is 23.9 Å². The molecular weight excluding hydrogens is 278 g/mol. The number of allylic oxidation sites excluding steroid dienone is 1. The van der Waals surface area contributed by atoms with Gasteiger partial charge in [-0.2, -0.15) is 0 Å². The standard InChI is InChI=1S/C14H23NO3.2C2H6/c1-12(16)11-17-8-3-4-9-18-14-7-5-6-13(10-14)15-2;2*1-2/h5-6,10,14-15H,3-4,7-9,11H2,1-2H3;2*1-2H3. The molecule has 1 unspecified atom stereocenters. The molecule has 0 aliphatic heterocycles. The number of carbonyl (C=O) groups excluding carboxylic acids is 1. The maximum absolute atomic E-state index is 10.6. The molecule has 1 aliphatic carbocycles. The van der Waals surface area contributed by atoms with Crippen LogP contribution in [-0.4, -0.2) is 38.8 Å². The lowest BCUT2D eigenvalue weighted by atomic mass is 10.1. The molecular formula is C18H35NO3. The smallest absolute Gasteiger partial charge is 0.155 e. The zero-order chi connectivity index (χ0) is 17.2. The van der Waals surface area contributed by atoms with Crippen LogP contribution in [0.5, 0.6) is 0 Å². The number of hydrogen-bond donors (Lipinski definition) is 1. The molecule has 130 valence electrons. The number of nitrogens with one attached hydrogen (secondary N) is 1. The predicted octanol–water partition coefficient (Wildman–Crippen LogP) is 3.87. The summed E-state index contributed by atoms with van der Waals surface area (Å²) in [5.41, 5.74) is 1.11. The van der Waals surface area contributed by atoms with Crippen LogP contribution in [0.25, 0.3) is 0 Å². The first kappa shape index (κ1) is 23.1. The number of hydrogen-bond acceptors (Lipinski definition) is 4. The normalized spacial score (nSPS) is 15.7. The lowest BCUT2D eigenvalue weighted by Crippen LogP contribution is -2.17. The van der Waals surface area contributed by atoms with Gasteiger partial charge in [-0.3, -0.25) is 4.79 Å². The lowest BCUT2D eigenvalue weighted by molar-refractivity contribution is -0.121. The minimum atomic E-state index is 0.0741. The highest BCUT2D eigenvalue weighted by Gasteiger charge is 2.08. The first-order valence-electron chi connectivity index (χ1n) is 8.47. The van der Waals surface area contributed by atoms with E-state index in [1.165, 1.54) is 6.92 Å². The Balaban J connectivity index is 0. The van der Waals surface area contributed by atoms with E-state index in [0.29, 0.717) is 6.61 Å². The second-order valence-corrected chi connectivity index (χ2v) is 4.38. The van der Waals surface area contributed by atoms with Crippen LogP contribution in [0.4, 0.5) is 0 Å². The largest absolute Gasteiger partial charge is 0.388 e. The Labute approximate surface area is 137 Å². The Kier molecular flexibility index (Phi) is 18.8. The third-order valence-corrected chi connectivity index (χ3v) is 2.64. The molecule has 0 aromatic carbocycles. The second kappa shape index (κ2) is 17.9. The van der Waals surface area contributed by atoms with E-state index in [0.717, 1.165) is 31.6 Å². The van der Waals surface area contributed by atoms with E-state index in [4.69, 9.17) is 9.47 Å². The van der Waals surface area contributed by atoms with Crippen molar-refractivity contribution >= 4 is 5.78 Å². The molecule has 1 aliphatic rings. The van der Waals surface area contributed by atoms with E-state index in [1.807, 2.05) is 34.7 Å². The summed E-state index contributed by atoms with van der Waals surface area (Å²) in [5.74, 6) is 0.0741. The van der Waals surface area contributed by atoms with Gasteiger partial charge in [0.2, 0.25) is 0 Å². The maximum Gasteiger partial charge on any atom is 0.155 e. The summed E-state index contributed by atoms with van der Waals surface area (Å²) in [6, 6.07) is 0. The van der Waals surface area contributed by atoms with Crippen molar-refractivity contribution in [3.8, 4) is 0 Å². The average molecular weight is 313 g/mol. The number of Topliss-reactive ketones (excluding diaryl/α,β-unsaturated/α-hetero) is 1. The molecule has 0 radical (unpaired) electrons. The number of unbranched alkanes of at least 4 members (excludes halogenated alkanes) is 1. The number of carbonyl (C=O) groups is 1. The Morgan fingerprint density at radius 1 is 1.23 bits per heavy atom. The first-order chi connectivity index (χ1) is 10.7. The number of ether oxygens (including phenoxy) is 2. The molecule has 0 fully saturated rings. The van der Waals surface area contributed by atoms with Gasteiger partial charge in [-0.15, -0.1) is 0 Å². The minimum absolute atomic E-state index is 0.0741. The SMILES string of the molecule is CC.CC.CNC1=CC(OCCCCOCC(C)=O)CC=C1. The molecule has 0 aromatic rings. The van der Waals surface area contributed by atoms with Crippen molar-refractivity contribution in [2.45, 2.75) is 60.0 Å². The molecule has 4 nitrogen and oxygen atoms in total.